The highest BCUT2D eigenvalue weighted by Crippen LogP contribution is 2.08. The molecule has 0 saturated heterocycles. The third kappa shape index (κ3) is 4.91. The molecule has 0 saturated carbocycles. The summed E-state index contributed by atoms with van der Waals surface area (Å²) in [5, 5.41) is 6.44. The number of guanidine groups is 1. The molecule has 0 fully saturated rings. The number of nitrogens with zero attached hydrogens (tertiary/aromatic N) is 3. The fraction of sp³-hybridized carbons (Fsp3) is 0.222. The Hall–Kier alpha value is -2.16. The normalized spacial score (nSPS) is 11.2. The molecule has 2 aromatic heterocycles. The molecule has 5 nitrogen and oxygen atoms in total. The lowest BCUT2D eigenvalue weighted by Crippen LogP contribution is -2.36. The Morgan fingerprint density at radius 2 is 1.84 bits per heavy atom. The topological polar surface area (TPSA) is 53.7 Å². The summed E-state index contributed by atoms with van der Waals surface area (Å²) in [6, 6.07) is 12.4. The monoisotopic (exact) mass is 453 g/mol. The molecule has 0 unspecified atom stereocenters. The fourth-order valence-corrected chi connectivity index (χ4v) is 2.47. The molecule has 0 spiro atoms. The van der Waals surface area contributed by atoms with Gasteiger partial charge in [0.05, 0.1) is 12.2 Å². The molecule has 3 rings (SSSR count). The van der Waals surface area contributed by atoms with Crippen LogP contribution in [0, 0.1) is 12.7 Å². The summed E-state index contributed by atoms with van der Waals surface area (Å²) in [7, 11) is 1.72. The average Bonchev–Trinajstić information content (AvgIpc) is 3.01. The van der Waals surface area contributed by atoms with Crippen LogP contribution in [0.5, 0.6) is 0 Å². The summed E-state index contributed by atoms with van der Waals surface area (Å²) < 4.78 is 15.0. The molecular weight excluding hydrogens is 432 g/mol. The maximum Gasteiger partial charge on any atom is 0.191 e. The van der Waals surface area contributed by atoms with Crippen LogP contribution in [0.25, 0.3) is 5.65 Å². The Kier molecular flexibility index (Phi) is 6.74. The van der Waals surface area contributed by atoms with E-state index in [4.69, 9.17) is 0 Å². The van der Waals surface area contributed by atoms with Crippen molar-refractivity contribution in [2.24, 2.45) is 4.99 Å². The van der Waals surface area contributed by atoms with Crippen LogP contribution in [0.1, 0.15) is 17.0 Å². The lowest BCUT2D eigenvalue weighted by molar-refractivity contribution is 0.626. The van der Waals surface area contributed by atoms with E-state index in [0.29, 0.717) is 19.0 Å². The Labute approximate surface area is 163 Å². The number of hydrogen-bond donors (Lipinski definition) is 2. The summed E-state index contributed by atoms with van der Waals surface area (Å²) in [5.41, 5.74) is 4.00. The first-order valence-corrected chi connectivity index (χ1v) is 7.78. The van der Waals surface area contributed by atoms with E-state index in [9.17, 15) is 4.39 Å². The molecule has 0 aliphatic rings. The van der Waals surface area contributed by atoms with Gasteiger partial charge in [-0.25, -0.2) is 9.37 Å². The van der Waals surface area contributed by atoms with Crippen molar-refractivity contribution in [3.63, 3.8) is 0 Å². The second kappa shape index (κ2) is 8.80. The summed E-state index contributed by atoms with van der Waals surface area (Å²) in [6.45, 7) is 3.20. The quantitative estimate of drug-likeness (QED) is 0.362. The molecule has 7 heteroatoms. The second-order valence-electron chi connectivity index (χ2n) is 5.53. The highest BCUT2D eigenvalue weighted by atomic mass is 127. The predicted molar refractivity (Wildman–Crippen MR) is 109 cm³/mol. The van der Waals surface area contributed by atoms with Gasteiger partial charge >= 0.3 is 0 Å². The van der Waals surface area contributed by atoms with Gasteiger partial charge in [-0.2, -0.15) is 0 Å². The largest absolute Gasteiger partial charge is 0.352 e. The number of fused-ring (bicyclic) bond motifs is 1. The van der Waals surface area contributed by atoms with Crippen LogP contribution in [0.15, 0.2) is 53.7 Å². The average molecular weight is 453 g/mol. The standard InChI is InChI=1S/C18H20FN5.HI/c1-13-4-3-5-17-23-16(12-24(13)17)11-22-18(20-2)21-10-14-6-8-15(19)9-7-14;/h3-9,12H,10-11H2,1-2H3,(H2,20,21,22);1H. The lowest BCUT2D eigenvalue weighted by atomic mass is 10.2. The second-order valence-corrected chi connectivity index (χ2v) is 5.53. The first-order valence-electron chi connectivity index (χ1n) is 7.78. The summed E-state index contributed by atoms with van der Waals surface area (Å²) in [6.07, 6.45) is 2.02. The van der Waals surface area contributed by atoms with Crippen LogP contribution >= 0.6 is 24.0 Å². The third-order valence-electron chi connectivity index (χ3n) is 3.78. The number of aliphatic imine (C=N–C) groups is 1. The maximum atomic E-state index is 12.9. The van der Waals surface area contributed by atoms with Crippen LogP contribution in [0.2, 0.25) is 0 Å². The molecule has 3 aromatic rings. The van der Waals surface area contributed by atoms with Crippen LogP contribution in [0.4, 0.5) is 4.39 Å². The number of aromatic nitrogens is 2. The van der Waals surface area contributed by atoms with Gasteiger partial charge in [-0.3, -0.25) is 4.99 Å². The number of aryl methyl sites for hydroxylation is 1. The minimum Gasteiger partial charge on any atom is -0.352 e. The van der Waals surface area contributed by atoms with Gasteiger partial charge in [0.25, 0.3) is 0 Å². The van der Waals surface area contributed by atoms with E-state index >= 15 is 0 Å². The van der Waals surface area contributed by atoms with Crippen molar-refractivity contribution in [1.29, 1.82) is 0 Å². The van der Waals surface area contributed by atoms with Gasteiger partial charge in [0.1, 0.15) is 11.5 Å². The van der Waals surface area contributed by atoms with Crippen molar-refractivity contribution in [1.82, 2.24) is 20.0 Å². The van der Waals surface area contributed by atoms with Gasteiger partial charge in [-0.15, -0.1) is 24.0 Å². The van der Waals surface area contributed by atoms with Crippen molar-refractivity contribution < 1.29 is 4.39 Å². The zero-order valence-electron chi connectivity index (χ0n) is 14.2. The molecule has 0 aliphatic carbocycles. The molecule has 2 N–H and O–H groups in total. The highest BCUT2D eigenvalue weighted by Gasteiger charge is 2.04. The van der Waals surface area contributed by atoms with Gasteiger partial charge in [0.15, 0.2) is 5.96 Å². The lowest BCUT2D eigenvalue weighted by Gasteiger charge is -2.11. The van der Waals surface area contributed by atoms with E-state index in [0.717, 1.165) is 22.6 Å². The van der Waals surface area contributed by atoms with Gasteiger partial charge in [-0.1, -0.05) is 18.2 Å². The molecule has 0 amide bonds. The smallest absolute Gasteiger partial charge is 0.191 e. The van der Waals surface area contributed by atoms with Crippen LogP contribution in [-0.2, 0) is 13.1 Å². The van der Waals surface area contributed by atoms with Gasteiger partial charge in [0.2, 0.25) is 0 Å². The number of benzene rings is 1. The van der Waals surface area contributed by atoms with E-state index in [1.807, 2.05) is 18.3 Å². The first kappa shape index (κ1) is 19.2. The Bertz CT molecular complexity index is 858. The van der Waals surface area contributed by atoms with Gasteiger partial charge in [0, 0.05) is 25.5 Å². The SMILES string of the molecule is CN=C(NCc1ccc(F)cc1)NCc1cn2c(C)cccc2n1.I. The van der Waals surface area contributed by atoms with Crippen molar-refractivity contribution in [3.8, 4) is 0 Å². The molecule has 132 valence electrons. The molecule has 0 bridgehead atoms. The summed E-state index contributed by atoms with van der Waals surface area (Å²) in [5.74, 6) is 0.441. The van der Waals surface area contributed by atoms with E-state index in [2.05, 4.69) is 38.0 Å². The number of nitrogens with one attached hydrogen (secondary N) is 2. The molecule has 1 aromatic carbocycles. The van der Waals surface area contributed by atoms with Gasteiger partial charge in [-0.05, 0) is 36.8 Å². The Morgan fingerprint density at radius 1 is 1.12 bits per heavy atom. The minimum absolute atomic E-state index is 0. The van der Waals surface area contributed by atoms with E-state index < -0.39 is 0 Å². The van der Waals surface area contributed by atoms with Crippen molar-refractivity contribution in [2.45, 2.75) is 20.0 Å². The van der Waals surface area contributed by atoms with Crippen molar-refractivity contribution in [2.75, 3.05) is 7.05 Å². The fourth-order valence-electron chi connectivity index (χ4n) is 2.47. The number of halogens is 2. The summed E-state index contributed by atoms with van der Waals surface area (Å²) in [4.78, 5) is 8.78. The van der Waals surface area contributed by atoms with Gasteiger partial charge < -0.3 is 15.0 Å². The van der Waals surface area contributed by atoms with E-state index in [1.165, 1.54) is 12.1 Å². The van der Waals surface area contributed by atoms with E-state index in [1.54, 1.807) is 19.2 Å². The maximum absolute atomic E-state index is 12.9. The zero-order chi connectivity index (χ0) is 16.9. The van der Waals surface area contributed by atoms with Crippen LogP contribution in [0.3, 0.4) is 0 Å². The number of pyridine rings is 1. The number of hydrogen-bond acceptors (Lipinski definition) is 2. The molecule has 0 aliphatic heterocycles. The molecule has 0 atom stereocenters. The molecular formula is C18H21FIN5. The number of imidazole rings is 1. The van der Waals surface area contributed by atoms with Crippen molar-refractivity contribution >= 4 is 35.6 Å². The van der Waals surface area contributed by atoms with E-state index in [-0.39, 0.29) is 29.8 Å². The Morgan fingerprint density at radius 3 is 2.52 bits per heavy atom. The highest BCUT2D eigenvalue weighted by molar-refractivity contribution is 14.0. The van der Waals surface area contributed by atoms with Crippen LogP contribution < -0.4 is 10.6 Å². The summed E-state index contributed by atoms with van der Waals surface area (Å²) >= 11 is 0. The molecule has 0 radical (unpaired) electrons. The zero-order valence-corrected chi connectivity index (χ0v) is 16.5. The Balaban J connectivity index is 0.00000225. The number of rotatable bonds is 4. The van der Waals surface area contributed by atoms with Crippen molar-refractivity contribution in [3.05, 3.63) is 71.4 Å². The third-order valence-corrected chi connectivity index (χ3v) is 3.78. The minimum atomic E-state index is -0.233. The van der Waals surface area contributed by atoms with Crippen LogP contribution in [-0.4, -0.2) is 22.4 Å². The first-order chi connectivity index (χ1) is 11.7. The predicted octanol–water partition coefficient (Wildman–Crippen LogP) is 3.27. The molecule has 25 heavy (non-hydrogen) atoms. The molecule has 2 heterocycles.